The van der Waals surface area contributed by atoms with Gasteiger partial charge in [-0.2, -0.15) is 4.99 Å². The van der Waals surface area contributed by atoms with Gasteiger partial charge in [-0.05, 0) is 29.8 Å². The summed E-state index contributed by atoms with van der Waals surface area (Å²) in [5.74, 6) is -0.170. The van der Waals surface area contributed by atoms with E-state index in [9.17, 15) is 4.79 Å². The Morgan fingerprint density at radius 2 is 1.96 bits per heavy atom. The lowest BCUT2D eigenvalue weighted by atomic mass is 10.1. The number of nitrogens with zero attached hydrogens (tertiary/aromatic N) is 2. The predicted octanol–water partition coefficient (Wildman–Crippen LogP) is 4.21. The van der Waals surface area contributed by atoms with E-state index in [4.69, 9.17) is 11.6 Å². The summed E-state index contributed by atoms with van der Waals surface area (Å²) in [4.78, 5) is 17.3. The van der Waals surface area contributed by atoms with E-state index >= 15 is 0 Å². The number of hydrogen-bond acceptors (Lipinski definition) is 2. The van der Waals surface area contributed by atoms with Crippen LogP contribution in [0.1, 0.15) is 5.56 Å². The molecule has 2 aromatic carbocycles. The van der Waals surface area contributed by atoms with Gasteiger partial charge in [-0.15, -0.1) is 6.58 Å². The highest BCUT2D eigenvalue weighted by Crippen LogP contribution is 2.17. The third-order valence-corrected chi connectivity index (χ3v) is 4.70. The van der Waals surface area contributed by atoms with Crippen LogP contribution in [0.25, 0.3) is 10.2 Å². The van der Waals surface area contributed by atoms with Crippen molar-refractivity contribution in [1.29, 1.82) is 0 Å². The largest absolute Gasteiger partial charge is 0.313 e. The summed E-state index contributed by atoms with van der Waals surface area (Å²) in [6, 6.07) is 15.3. The number of carbonyl (C=O) groups excluding carboxylic acids is 1. The summed E-state index contributed by atoms with van der Waals surface area (Å²) >= 11 is 7.37. The number of halogens is 1. The third-order valence-electron chi connectivity index (χ3n) is 3.39. The van der Waals surface area contributed by atoms with Gasteiger partial charge in [0.15, 0.2) is 4.80 Å². The molecule has 0 aliphatic carbocycles. The Balaban J connectivity index is 1.96. The first-order valence-corrected chi connectivity index (χ1v) is 8.38. The number of benzene rings is 2. The summed E-state index contributed by atoms with van der Waals surface area (Å²) in [5, 5.41) is 0.659. The van der Waals surface area contributed by atoms with Gasteiger partial charge in [-0.3, -0.25) is 4.79 Å². The van der Waals surface area contributed by atoms with E-state index in [2.05, 4.69) is 11.6 Å². The summed E-state index contributed by atoms with van der Waals surface area (Å²) in [6.45, 7) is 4.41. The van der Waals surface area contributed by atoms with Crippen molar-refractivity contribution in [3.05, 3.63) is 76.6 Å². The van der Waals surface area contributed by atoms with Crippen LogP contribution in [0.2, 0.25) is 5.02 Å². The maximum absolute atomic E-state index is 12.3. The molecule has 0 saturated carbocycles. The fourth-order valence-corrected chi connectivity index (χ4v) is 3.52. The Kier molecular flexibility index (Phi) is 4.74. The maximum atomic E-state index is 12.3. The first kappa shape index (κ1) is 15.7. The van der Waals surface area contributed by atoms with E-state index in [0.29, 0.717) is 16.4 Å². The lowest BCUT2D eigenvalue weighted by molar-refractivity contribution is -0.117. The zero-order valence-corrected chi connectivity index (χ0v) is 14.0. The molecule has 1 amide bonds. The molecule has 0 saturated heterocycles. The summed E-state index contributed by atoms with van der Waals surface area (Å²) in [5.41, 5.74) is 1.97. The molecule has 3 rings (SSSR count). The number of allylic oxidation sites excluding steroid dienone is 1. The highest BCUT2D eigenvalue weighted by Gasteiger charge is 2.07. The van der Waals surface area contributed by atoms with Crippen molar-refractivity contribution in [3.63, 3.8) is 0 Å². The SMILES string of the molecule is C=CCn1c(=NC(=O)Cc2ccc(Cl)cc2)sc2ccccc21. The van der Waals surface area contributed by atoms with Crippen LogP contribution < -0.4 is 4.80 Å². The monoisotopic (exact) mass is 342 g/mol. The molecule has 23 heavy (non-hydrogen) atoms. The molecule has 0 fully saturated rings. The normalized spacial score (nSPS) is 11.8. The van der Waals surface area contributed by atoms with E-state index in [0.717, 1.165) is 15.8 Å². The van der Waals surface area contributed by atoms with Gasteiger partial charge >= 0.3 is 0 Å². The topological polar surface area (TPSA) is 34.4 Å². The Hall–Kier alpha value is -2.17. The van der Waals surface area contributed by atoms with Gasteiger partial charge in [-0.25, -0.2) is 0 Å². The Morgan fingerprint density at radius 1 is 1.22 bits per heavy atom. The highest BCUT2D eigenvalue weighted by atomic mass is 35.5. The molecule has 1 aromatic heterocycles. The predicted molar refractivity (Wildman–Crippen MR) is 95.7 cm³/mol. The lowest BCUT2D eigenvalue weighted by Gasteiger charge is -2.00. The van der Waals surface area contributed by atoms with Crippen LogP contribution in [0.3, 0.4) is 0 Å². The Morgan fingerprint density at radius 3 is 2.70 bits per heavy atom. The molecule has 0 N–H and O–H groups in total. The molecule has 0 spiro atoms. The quantitative estimate of drug-likeness (QED) is 0.654. The summed E-state index contributed by atoms with van der Waals surface area (Å²) < 4.78 is 3.11. The highest BCUT2D eigenvalue weighted by molar-refractivity contribution is 7.16. The van der Waals surface area contributed by atoms with Crippen molar-refractivity contribution >= 4 is 39.1 Å². The molecule has 0 bridgehead atoms. The van der Waals surface area contributed by atoms with E-state index in [1.165, 1.54) is 11.3 Å². The fourth-order valence-electron chi connectivity index (χ4n) is 2.33. The number of carbonyl (C=O) groups is 1. The zero-order valence-electron chi connectivity index (χ0n) is 12.4. The molecule has 0 aliphatic rings. The van der Waals surface area contributed by atoms with Crippen LogP contribution in [0.15, 0.2) is 66.2 Å². The smallest absolute Gasteiger partial charge is 0.252 e. The molecule has 1 heterocycles. The van der Waals surface area contributed by atoms with Gasteiger partial charge in [0.1, 0.15) is 0 Å². The van der Waals surface area contributed by atoms with E-state index in [1.54, 1.807) is 12.1 Å². The van der Waals surface area contributed by atoms with Crippen LogP contribution in [0, 0.1) is 0 Å². The molecule has 0 radical (unpaired) electrons. The van der Waals surface area contributed by atoms with Gasteiger partial charge < -0.3 is 4.57 Å². The minimum atomic E-state index is -0.170. The average Bonchev–Trinajstić information content (AvgIpc) is 2.88. The number of para-hydroxylation sites is 1. The summed E-state index contributed by atoms with van der Waals surface area (Å²) in [7, 11) is 0. The summed E-state index contributed by atoms with van der Waals surface area (Å²) in [6.07, 6.45) is 2.07. The first-order chi connectivity index (χ1) is 11.2. The van der Waals surface area contributed by atoms with E-state index < -0.39 is 0 Å². The maximum Gasteiger partial charge on any atom is 0.252 e. The molecule has 0 aliphatic heterocycles. The van der Waals surface area contributed by atoms with Crippen LogP contribution >= 0.6 is 22.9 Å². The zero-order chi connectivity index (χ0) is 16.2. The van der Waals surface area contributed by atoms with Crippen molar-refractivity contribution < 1.29 is 4.79 Å². The van der Waals surface area contributed by atoms with Gasteiger partial charge in [0.2, 0.25) is 0 Å². The van der Waals surface area contributed by atoms with Crippen LogP contribution in [0.5, 0.6) is 0 Å². The van der Waals surface area contributed by atoms with Crippen LogP contribution in [-0.2, 0) is 17.8 Å². The Labute approximate surface area is 143 Å². The van der Waals surface area contributed by atoms with Gasteiger partial charge in [0, 0.05) is 11.6 Å². The second-order valence-corrected chi connectivity index (χ2v) is 6.51. The number of thiazole rings is 1. The average molecular weight is 343 g/mol. The standard InChI is InChI=1S/C18H15ClN2OS/c1-2-11-21-15-5-3-4-6-16(15)23-18(21)20-17(22)12-13-7-9-14(19)10-8-13/h2-10H,1,11-12H2. The van der Waals surface area contributed by atoms with Crippen molar-refractivity contribution in [2.24, 2.45) is 4.99 Å². The van der Waals surface area contributed by atoms with Crippen LogP contribution in [-0.4, -0.2) is 10.5 Å². The molecule has 116 valence electrons. The third kappa shape index (κ3) is 3.60. The number of hydrogen-bond donors (Lipinski definition) is 0. The van der Waals surface area contributed by atoms with Crippen molar-refractivity contribution in [2.75, 3.05) is 0 Å². The van der Waals surface area contributed by atoms with Crippen molar-refractivity contribution in [2.45, 2.75) is 13.0 Å². The number of fused-ring (bicyclic) bond motifs is 1. The fraction of sp³-hybridized carbons (Fsp3) is 0.111. The molecule has 3 aromatic rings. The van der Waals surface area contributed by atoms with Crippen molar-refractivity contribution in [3.8, 4) is 0 Å². The Bertz CT molecular complexity index is 922. The molecule has 5 heteroatoms. The molecule has 0 unspecified atom stereocenters. The lowest BCUT2D eigenvalue weighted by Crippen LogP contribution is -2.16. The molecular weight excluding hydrogens is 328 g/mol. The molecular formula is C18H15ClN2OS. The van der Waals surface area contributed by atoms with Gasteiger partial charge in [-0.1, -0.05) is 53.3 Å². The van der Waals surface area contributed by atoms with Crippen molar-refractivity contribution in [1.82, 2.24) is 4.57 Å². The van der Waals surface area contributed by atoms with Gasteiger partial charge in [0.25, 0.3) is 5.91 Å². The second kappa shape index (κ2) is 6.94. The van der Waals surface area contributed by atoms with E-state index in [-0.39, 0.29) is 12.3 Å². The minimum Gasteiger partial charge on any atom is -0.313 e. The second-order valence-electron chi connectivity index (χ2n) is 5.06. The number of amides is 1. The first-order valence-electron chi connectivity index (χ1n) is 7.18. The number of rotatable bonds is 4. The molecule has 0 atom stereocenters. The molecule has 3 nitrogen and oxygen atoms in total. The van der Waals surface area contributed by atoms with Crippen LogP contribution in [0.4, 0.5) is 0 Å². The number of aromatic nitrogens is 1. The minimum absolute atomic E-state index is 0.170. The van der Waals surface area contributed by atoms with Gasteiger partial charge in [0.05, 0.1) is 16.6 Å². The van der Waals surface area contributed by atoms with E-state index in [1.807, 2.05) is 47.0 Å².